The highest BCUT2D eigenvalue weighted by molar-refractivity contribution is 7.22. The molecule has 9 heteroatoms. The fourth-order valence-electron chi connectivity index (χ4n) is 4.27. The van der Waals surface area contributed by atoms with Gasteiger partial charge in [-0.15, -0.1) is 11.3 Å². The Balaban J connectivity index is 1.64. The van der Waals surface area contributed by atoms with Gasteiger partial charge in [-0.2, -0.15) is 5.10 Å². The van der Waals surface area contributed by atoms with Crippen LogP contribution in [-0.2, 0) is 14.1 Å². The van der Waals surface area contributed by atoms with E-state index < -0.39 is 0 Å². The number of rotatable bonds is 5. The third-order valence-electron chi connectivity index (χ3n) is 5.90. The van der Waals surface area contributed by atoms with Gasteiger partial charge >= 0.3 is 0 Å². The van der Waals surface area contributed by atoms with Gasteiger partial charge < -0.3 is 15.0 Å². The molecule has 0 aromatic carbocycles. The van der Waals surface area contributed by atoms with E-state index in [-0.39, 0.29) is 6.61 Å². The van der Waals surface area contributed by atoms with Gasteiger partial charge in [0, 0.05) is 45.3 Å². The van der Waals surface area contributed by atoms with Gasteiger partial charge in [0.05, 0.1) is 10.3 Å². The molecular weight excluding hydrogens is 398 g/mol. The van der Waals surface area contributed by atoms with Gasteiger partial charge in [-0.25, -0.2) is 15.0 Å². The Morgan fingerprint density at radius 3 is 2.77 bits per heavy atom. The Morgan fingerprint density at radius 1 is 1.23 bits per heavy atom. The summed E-state index contributed by atoms with van der Waals surface area (Å²) in [4.78, 5) is 16.3. The standard InChI is InChI=1S/C21H25N7OS/c1-12-16-18(23-14-5-4-13(10-14)11-29)24-19(20-22-7-9-27(20)2)25-21(16)30-17(12)15-6-8-28(3)26-15/h6-9,13-14,29H,4-5,10-11H2,1-3H3,(H,23,24,25)/t13-,14+/m0/s1. The molecule has 1 aliphatic rings. The Labute approximate surface area is 178 Å². The van der Waals surface area contributed by atoms with E-state index in [9.17, 15) is 5.11 Å². The van der Waals surface area contributed by atoms with Crippen LogP contribution < -0.4 is 5.32 Å². The number of aryl methyl sites for hydroxylation is 3. The number of anilines is 1. The molecule has 8 nitrogen and oxygen atoms in total. The molecule has 2 N–H and O–H groups in total. The van der Waals surface area contributed by atoms with Crippen LogP contribution in [0.2, 0.25) is 0 Å². The number of aromatic nitrogens is 6. The Hall–Kier alpha value is -2.78. The van der Waals surface area contributed by atoms with E-state index in [1.54, 1.807) is 17.5 Å². The summed E-state index contributed by atoms with van der Waals surface area (Å²) in [5.41, 5.74) is 2.09. The monoisotopic (exact) mass is 423 g/mol. The van der Waals surface area contributed by atoms with Crippen LogP contribution in [0.25, 0.3) is 32.4 Å². The number of aliphatic hydroxyl groups excluding tert-OH is 1. The zero-order valence-electron chi connectivity index (χ0n) is 17.3. The number of thiophene rings is 1. The second-order valence-electron chi connectivity index (χ2n) is 8.07. The zero-order valence-corrected chi connectivity index (χ0v) is 18.1. The van der Waals surface area contributed by atoms with Crippen molar-refractivity contribution in [2.45, 2.75) is 32.2 Å². The number of nitrogens with one attached hydrogen (secondary N) is 1. The molecule has 4 aromatic rings. The van der Waals surface area contributed by atoms with Crippen molar-refractivity contribution in [3.8, 4) is 22.2 Å². The first-order chi connectivity index (χ1) is 14.5. The summed E-state index contributed by atoms with van der Waals surface area (Å²) < 4.78 is 3.75. The number of hydrogen-bond acceptors (Lipinski definition) is 7. The molecule has 1 aliphatic carbocycles. The van der Waals surface area contributed by atoms with Gasteiger partial charge in [-0.3, -0.25) is 4.68 Å². The third-order valence-corrected chi connectivity index (χ3v) is 7.11. The average molecular weight is 424 g/mol. The number of fused-ring (bicyclic) bond motifs is 1. The zero-order chi connectivity index (χ0) is 20.8. The van der Waals surface area contributed by atoms with Crippen LogP contribution in [0.5, 0.6) is 0 Å². The summed E-state index contributed by atoms with van der Waals surface area (Å²) in [6.07, 6.45) is 8.64. The lowest BCUT2D eigenvalue weighted by Crippen LogP contribution is -2.18. The smallest absolute Gasteiger partial charge is 0.199 e. The van der Waals surface area contributed by atoms with Crippen LogP contribution in [0, 0.1) is 12.8 Å². The molecule has 0 unspecified atom stereocenters. The largest absolute Gasteiger partial charge is 0.396 e. The Bertz CT molecular complexity index is 1210. The molecule has 0 saturated heterocycles. The topological polar surface area (TPSA) is 93.7 Å². The van der Waals surface area contributed by atoms with Crippen LogP contribution in [0.1, 0.15) is 24.8 Å². The maximum absolute atomic E-state index is 9.53. The number of nitrogens with zero attached hydrogens (tertiary/aromatic N) is 6. The maximum Gasteiger partial charge on any atom is 0.199 e. The number of hydrogen-bond donors (Lipinski definition) is 2. The van der Waals surface area contributed by atoms with Crippen LogP contribution in [0.15, 0.2) is 24.7 Å². The summed E-state index contributed by atoms with van der Waals surface area (Å²) in [7, 11) is 3.88. The van der Waals surface area contributed by atoms with Gasteiger partial charge in [0.25, 0.3) is 0 Å². The van der Waals surface area contributed by atoms with Crippen molar-refractivity contribution < 1.29 is 5.11 Å². The summed E-state index contributed by atoms with van der Waals surface area (Å²) in [5.74, 6) is 2.56. The molecule has 1 saturated carbocycles. The first kappa shape index (κ1) is 19.2. The van der Waals surface area contributed by atoms with E-state index in [0.29, 0.717) is 17.8 Å². The lowest BCUT2D eigenvalue weighted by molar-refractivity contribution is 0.229. The Morgan fingerprint density at radius 2 is 2.10 bits per heavy atom. The lowest BCUT2D eigenvalue weighted by atomic mass is 10.1. The highest BCUT2D eigenvalue weighted by Crippen LogP contribution is 2.41. The van der Waals surface area contributed by atoms with Crippen molar-refractivity contribution in [2.75, 3.05) is 11.9 Å². The predicted molar refractivity (Wildman–Crippen MR) is 118 cm³/mol. The second kappa shape index (κ2) is 7.48. The summed E-state index contributed by atoms with van der Waals surface area (Å²) in [6, 6.07) is 2.33. The van der Waals surface area contributed by atoms with Crippen molar-refractivity contribution in [3.63, 3.8) is 0 Å². The highest BCUT2D eigenvalue weighted by atomic mass is 32.1. The molecular formula is C21H25N7OS. The molecule has 0 radical (unpaired) electrons. The summed E-state index contributed by atoms with van der Waals surface area (Å²) in [5, 5.41) is 18.8. The van der Waals surface area contributed by atoms with E-state index >= 15 is 0 Å². The molecule has 0 aliphatic heterocycles. The average Bonchev–Trinajstić information content (AvgIpc) is 3.50. The minimum atomic E-state index is 0.247. The van der Waals surface area contributed by atoms with Gasteiger partial charge in [0.2, 0.25) is 0 Å². The van der Waals surface area contributed by atoms with Gasteiger partial charge in [-0.05, 0) is 43.7 Å². The molecule has 1 fully saturated rings. The first-order valence-corrected chi connectivity index (χ1v) is 11.0. The van der Waals surface area contributed by atoms with Crippen molar-refractivity contribution in [1.29, 1.82) is 0 Å². The Kier molecular flexibility index (Phi) is 4.79. The van der Waals surface area contributed by atoms with Crippen LogP contribution in [0.3, 0.4) is 0 Å². The normalized spacial score (nSPS) is 19.1. The molecule has 0 amide bonds. The van der Waals surface area contributed by atoms with Crippen LogP contribution >= 0.6 is 11.3 Å². The SMILES string of the molecule is Cc1c(-c2ccn(C)n2)sc2nc(-c3nccn3C)nc(N[C@@H]3CC[C@H](CO)C3)c12. The van der Waals surface area contributed by atoms with Crippen molar-refractivity contribution in [3.05, 3.63) is 30.2 Å². The summed E-state index contributed by atoms with van der Waals surface area (Å²) in [6.45, 7) is 2.36. The molecule has 4 aromatic heterocycles. The molecule has 4 heterocycles. The molecule has 0 spiro atoms. The maximum atomic E-state index is 9.53. The van der Waals surface area contributed by atoms with E-state index in [0.717, 1.165) is 57.3 Å². The van der Waals surface area contributed by atoms with E-state index in [1.807, 2.05) is 41.8 Å². The van der Waals surface area contributed by atoms with Crippen molar-refractivity contribution in [2.24, 2.45) is 20.0 Å². The van der Waals surface area contributed by atoms with Crippen molar-refractivity contribution in [1.82, 2.24) is 29.3 Å². The van der Waals surface area contributed by atoms with Gasteiger partial charge in [0.1, 0.15) is 16.3 Å². The fraction of sp³-hybridized carbons (Fsp3) is 0.429. The first-order valence-electron chi connectivity index (χ1n) is 10.2. The molecule has 30 heavy (non-hydrogen) atoms. The van der Waals surface area contributed by atoms with Gasteiger partial charge in [0.15, 0.2) is 11.6 Å². The van der Waals surface area contributed by atoms with Crippen LogP contribution in [0.4, 0.5) is 5.82 Å². The van der Waals surface area contributed by atoms with E-state index in [2.05, 4.69) is 22.3 Å². The van der Waals surface area contributed by atoms with Gasteiger partial charge in [-0.1, -0.05) is 0 Å². The van der Waals surface area contributed by atoms with E-state index in [1.165, 1.54) is 0 Å². The molecule has 5 rings (SSSR count). The third kappa shape index (κ3) is 3.27. The second-order valence-corrected chi connectivity index (χ2v) is 9.07. The number of aliphatic hydroxyl groups is 1. The lowest BCUT2D eigenvalue weighted by Gasteiger charge is -2.15. The number of imidazole rings is 1. The quantitative estimate of drug-likeness (QED) is 0.511. The molecule has 0 bridgehead atoms. The summed E-state index contributed by atoms with van der Waals surface area (Å²) >= 11 is 1.64. The van der Waals surface area contributed by atoms with Crippen LogP contribution in [-0.4, -0.2) is 47.1 Å². The van der Waals surface area contributed by atoms with Crippen molar-refractivity contribution >= 4 is 27.4 Å². The van der Waals surface area contributed by atoms with E-state index in [4.69, 9.17) is 9.97 Å². The highest BCUT2D eigenvalue weighted by Gasteiger charge is 2.27. The minimum Gasteiger partial charge on any atom is -0.396 e. The molecule has 2 atom stereocenters. The fourth-order valence-corrected chi connectivity index (χ4v) is 5.42. The minimum absolute atomic E-state index is 0.247. The molecule has 156 valence electrons. The predicted octanol–water partition coefficient (Wildman–Crippen LogP) is 3.37.